The van der Waals surface area contributed by atoms with E-state index < -0.39 is 0 Å². The van der Waals surface area contributed by atoms with E-state index >= 15 is 0 Å². The Morgan fingerprint density at radius 1 is 1.14 bits per heavy atom. The minimum atomic E-state index is -0.0382. The molecule has 5 heteroatoms. The maximum absolute atomic E-state index is 13.1. The van der Waals surface area contributed by atoms with Gasteiger partial charge in [-0.2, -0.15) is 0 Å². The van der Waals surface area contributed by atoms with Crippen LogP contribution in [0.15, 0.2) is 48.5 Å². The summed E-state index contributed by atoms with van der Waals surface area (Å²) in [5.74, 6) is 0.591. The van der Waals surface area contributed by atoms with Crippen LogP contribution < -0.4 is 15.1 Å². The highest BCUT2D eigenvalue weighted by atomic mass is 35.5. The van der Waals surface area contributed by atoms with Gasteiger partial charge in [0.2, 0.25) is 5.91 Å². The van der Waals surface area contributed by atoms with Crippen LogP contribution in [0.5, 0.6) is 0 Å². The summed E-state index contributed by atoms with van der Waals surface area (Å²) >= 11 is 6.06. The van der Waals surface area contributed by atoms with Crippen molar-refractivity contribution in [2.45, 2.75) is 26.3 Å². The fourth-order valence-corrected chi connectivity index (χ4v) is 4.51. The van der Waals surface area contributed by atoms with Crippen molar-refractivity contribution in [1.29, 1.82) is 0 Å². The van der Waals surface area contributed by atoms with Gasteiger partial charge in [0, 0.05) is 42.6 Å². The molecule has 2 aliphatic rings. The van der Waals surface area contributed by atoms with E-state index in [2.05, 4.69) is 65.4 Å². The number of carbonyl (C=O) groups is 1. The molecule has 0 aromatic heterocycles. The van der Waals surface area contributed by atoms with Crippen LogP contribution in [0.4, 0.5) is 11.4 Å². The topological polar surface area (TPSA) is 35.6 Å². The maximum Gasteiger partial charge on any atom is 0.225 e. The van der Waals surface area contributed by atoms with Crippen LogP contribution in [-0.4, -0.2) is 38.1 Å². The van der Waals surface area contributed by atoms with Crippen molar-refractivity contribution in [2.75, 3.05) is 36.0 Å². The predicted octanol–water partition coefficient (Wildman–Crippen LogP) is 3.98. The Kier molecular flexibility index (Phi) is 5.49. The fraction of sp³-hybridized carbons (Fsp3) is 0.435. The maximum atomic E-state index is 13.1. The van der Waals surface area contributed by atoms with E-state index in [4.69, 9.17) is 11.6 Å². The van der Waals surface area contributed by atoms with Crippen molar-refractivity contribution >= 4 is 28.9 Å². The van der Waals surface area contributed by atoms with Gasteiger partial charge in [-0.25, -0.2) is 0 Å². The van der Waals surface area contributed by atoms with E-state index in [9.17, 15) is 4.79 Å². The standard InChI is InChI=1S/C23H28ClN3O/c1-16(2)14-25-23(28)20-13-17-5-3-4-6-21(17)27-12-11-26(15-22(20)27)19-9-7-18(24)8-10-19/h3-10,16,20,22H,11-15H2,1-2H3,(H,25,28)/t20-,22+/m1/s1. The first-order chi connectivity index (χ1) is 13.5. The summed E-state index contributed by atoms with van der Waals surface area (Å²) in [7, 11) is 0. The summed E-state index contributed by atoms with van der Waals surface area (Å²) in [5.41, 5.74) is 3.74. The number of nitrogens with zero attached hydrogens (tertiary/aromatic N) is 2. The molecule has 0 unspecified atom stereocenters. The van der Waals surface area contributed by atoms with E-state index in [-0.39, 0.29) is 17.9 Å². The number of hydrogen-bond acceptors (Lipinski definition) is 3. The minimum absolute atomic E-state index is 0.0382. The Bertz CT molecular complexity index is 836. The largest absolute Gasteiger partial charge is 0.368 e. The summed E-state index contributed by atoms with van der Waals surface area (Å²) < 4.78 is 0. The van der Waals surface area contributed by atoms with E-state index in [1.165, 1.54) is 16.9 Å². The van der Waals surface area contributed by atoms with Crippen LogP contribution in [-0.2, 0) is 11.2 Å². The van der Waals surface area contributed by atoms with Crippen LogP contribution in [0.2, 0.25) is 5.02 Å². The number of rotatable bonds is 4. The molecule has 2 aromatic carbocycles. The van der Waals surface area contributed by atoms with Crippen molar-refractivity contribution in [3.63, 3.8) is 0 Å². The number of fused-ring (bicyclic) bond motifs is 3. The lowest BCUT2D eigenvalue weighted by Crippen LogP contribution is -2.61. The smallest absolute Gasteiger partial charge is 0.225 e. The Balaban J connectivity index is 1.61. The molecule has 1 fully saturated rings. The van der Waals surface area contributed by atoms with Crippen LogP contribution in [0.1, 0.15) is 19.4 Å². The first kappa shape index (κ1) is 19.1. The normalized spacial score (nSPS) is 21.3. The highest BCUT2D eigenvalue weighted by Gasteiger charge is 2.41. The predicted molar refractivity (Wildman–Crippen MR) is 116 cm³/mol. The van der Waals surface area contributed by atoms with Gasteiger partial charge in [0.1, 0.15) is 0 Å². The van der Waals surface area contributed by atoms with E-state index in [0.29, 0.717) is 5.92 Å². The lowest BCUT2D eigenvalue weighted by molar-refractivity contribution is -0.126. The Morgan fingerprint density at radius 2 is 1.89 bits per heavy atom. The average molecular weight is 398 g/mol. The lowest BCUT2D eigenvalue weighted by Gasteiger charge is -2.49. The number of halogens is 1. The molecule has 1 amide bonds. The fourth-order valence-electron chi connectivity index (χ4n) is 4.38. The van der Waals surface area contributed by atoms with Gasteiger partial charge in [0.15, 0.2) is 0 Å². The van der Waals surface area contributed by atoms with Gasteiger partial charge in [0.05, 0.1) is 12.0 Å². The minimum Gasteiger partial charge on any atom is -0.368 e. The molecular weight excluding hydrogens is 370 g/mol. The second-order valence-corrected chi connectivity index (χ2v) is 8.70. The Labute approximate surface area is 172 Å². The van der Waals surface area contributed by atoms with E-state index in [1.807, 2.05) is 12.1 Å². The SMILES string of the molecule is CC(C)CNC(=O)[C@@H]1Cc2ccccc2N2CCN(c3ccc(Cl)cc3)C[C@@H]12. The molecule has 1 N–H and O–H groups in total. The summed E-state index contributed by atoms with van der Waals surface area (Å²) in [4.78, 5) is 17.9. The molecule has 4 rings (SSSR count). The lowest BCUT2D eigenvalue weighted by atomic mass is 9.83. The monoisotopic (exact) mass is 397 g/mol. The molecule has 0 spiro atoms. The third kappa shape index (κ3) is 3.83. The quantitative estimate of drug-likeness (QED) is 0.847. The van der Waals surface area contributed by atoms with Crippen LogP contribution in [0, 0.1) is 11.8 Å². The van der Waals surface area contributed by atoms with Gasteiger partial charge in [-0.15, -0.1) is 0 Å². The molecular formula is C23H28ClN3O. The second-order valence-electron chi connectivity index (χ2n) is 8.26. The van der Waals surface area contributed by atoms with Crippen molar-refractivity contribution in [2.24, 2.45) is 11.8 Å². The summed E-state index contributed by atoms with van der Waals surface area (Å²) in [6.07, 6.45) is 0.801. The summed E-state index contributed by atoms with van der Waals surface area (Å²) in [5, 5.41) is 3.93. The molecule has 2 aliphatic heterocycles. The zero-order valence-electron chi connectivity index (χ0n) is 16.6. The Hall–Kier alpha value is -2.20. The van der Waals surface area contributed by atoms with Gasteiger partial charge in [0.25, 0.3) is 0 Å². The third-order valence-electron chi connectivity index (χ3n) is 5.84. The zero-order chi connectivity index (χ0) is 19.7. The van der Waals surface area contributed by atoms with Gasteiger partial charge < -0.3 is 15.1 Å². The third-order valence-corrected chi connectivity index (χ3v) is 6.09. The summed E-state index contributed by atoms with van der Waals surface area (Å²) in [6.45, 7) is 7.68. The van der Waals surface area contributed by atoms with Crippen molar-refractivity contribution in [3.05, 3.63) is 59.1 Å². The zero-order valence-corrected chi connectivity index (χ0v) is 17.3. The molecule has 2 heterocycles. The molecule has 0 saturated carbocycles. The molecule has 4 nitrogen and oxygen atoms in total. The Morgan fingerprint density at radius 3 is 2.64 bits per heavy atom. The molecule has 1 saturated heterocycles. The van der Waals surface area contributed by atoms with Gasteiger partial charge in [-0.3, -0.25) is 4.79 Å². The second kappa shape index (κ2) is 8.04. The first-order valence-electron chi connectivity index (χ1n) is 10.2. The number of piperazine rings is 1. The number of nitrogens with one attached hydrogen (secondary N) is 1. The number of anilines is 2. The van der Waals surface area contributed by atoms with E-state index in [1.54, 1.807) is 0 Å². The molecule has 28 heavy (non-hydrogen) atoms. The number of amides is 1. The average Bonchev–Trinajstić information content (AvgIpc) is 2.71. The van der Waals surface area contributed by atoms with Crippen molar-refractivity contribution in [1.82, 2.24) is 5.32 Å². The van der Waals surface area contributed by atoms with Gasteiger partial charge in [-0.05, 0) is 48.2 Å². The first-order valence-corrected chi connectivity index (χ1v) is 10.5. The summed E-state index contributed by atoms with van der Waals surface area (Å²) in [6, 6.07) is 16.7. The highest BCUT2D eigenvalue weighted by Crippen LogP contribution is 2.37. The highest BCUT2D eigenvalue weighted by molar-refractivity contribution is 6.30. The van der Waals surface area contributed by atoms with Crippen LogP contribution >= 0.6 is 11.6 Å². The molecule has 2 atom stereocenters. The van der Waals surface area contributed by atoms with Gasteiger partial charge in [-0.1, -0.05) is 43.6 Å². The van der Waals surface area contributed by atoms with Gasteiger partial charge >= 0.3 is 0 Å². The molecule has 0 aliphatic carbocycles. The van der Waals surface area contributed by atoms with Crippen LogP contribution in [0.25, 0.3) is 0 Å². The molecule has 0 bridgehead atoms. The van der Waals surface area contributed by atoms with Crippen molar-refractivity contribution < 1.29 is 4.79 Å². The van der Waals surface area contributed by atoms with Crippen LogP contribution in [0.3, 0.4) is 0 Å². The molecule has 2 aromatic rings. The molecule has 148 valence electrons. The number of benzene rings is 2. The number of carbonyl (C=O) groups excluding carboxylic acids is 1. The number of hydrogen-bond donors (Lipinski definition) is 1. The van der Waals surface area contributed by atoms with Crippen molar-refractivity contribution in [3.8, 4) is 0 Å². The van der Waals surface area contributed by atoms with E-state index in [0.717, 1.165) is 37.6 Å². The molecule has 0 radical (unpaired) electrons. The number of para-hydroxylation sites is 1.